The molecule has 98 valence electrons. The third kappa shape index (κ3) is 2.71. The fourth-order valence-electron chi connectivity index (χ4n) is 3.12. The van der Waals surface area contributed by atoms with Crippen LogP contribution in [-0.4, -0.2) is 13.1 Å². The van der Waals surface area contributed by atoms with E-state index in [4.69, 9.17) is 0 Å². The number of hydrogen-bond donors (Lipinski definition) is 1. The maximum atomic E-state index is 3.55. The van der Waals surface area contributed by atoms with Gasteiger partial charge in [-0.25, -0.2) is 0 Å². The molecule has 1 aliphatic rings. The van der Waals surface area contributed by atoms with E-state index in [0.717, 1.165) is 13.1 Å². The van der Waals surface area contributed by atoms with Crippen LogP contribution in [0.25, 0.3) is 0 Å². The normalized spacial score (nSPS) is 23.2. The summed E-state index contributed by atoms with van der Waals surface area (Å²) in [7, 11) is 0. The number of hydrogen-bond acceptors (Lipinski definition) is 1. The summed E-state index contributed by atoms with van der Waals surface area (Å²) in [5.41, 5.74) is 4.28. The van der Waals surface area contributed by atoms with Gasteiger partial charge in [-0.05, 0) is 36.9 Å². The van der Waals surface area contributed by atoms with Crippen molar-refractivity contribution in [2.45, 2.75) is 25.2 Å². The zero-order chi connectivity index (χ0) is 13.1. The SMILES string of the molecule is Cc1ccc([C@@H]2CNCC[C@H]2c2ccccc2)cc1. The topological polar surface area (TPSA) is 12.0 Å². The smallest absolute Gasteiger partial charge is 0.00326 e. The van der Waals surface area contributed by atoms with Gasteiger partial charge in [-0.15, -0.1) is 0 Å². The Balaban J connectivity index is 1.91. The second kappa shape index (κ2) is 5.58. The molecule has 0 aromatic heterocycles. The number of nitrogens with one attached hydrogen (secondary N) is 1. The molecule has 0 aliphatic carbocycles. The zero-order valence-corrected chi connectivity index (χ0v) is 11.5. The van der Waals surface area contributed by atoms with Gasteiger partial charge in [-0.3, -0.25) is 0 Å². The second-order valence-corrected chi connectivity index (χ2v) is 5.53. The molecular formula is C18H21N. The summed E-state index contributed by atoms with van der Waals surface area (Å²) in [6, 6.07) is 20.0. The van der Waals surface area contributed by atoms with Gasteiger partial charge in [-0.1, -0.05) is 60.2 Å². The van der Waals surface area contributed by atoms with Crippen LogP contribution in [-0.2, 0) is 0 Å². The van der Waals surface area contributed by atoms with Gasteiger partial charge < -0.3 is 5.32 Å². The highest BCUT2D eigenvalue weighted by molar-refractivity contribution is 5.31. The molecule has 1 heterocycles. The minimum atomic E-state index is 0.594. The minimum Gasteiger partial charge on any atom is -0.316 e. The number of benzene rings is 2. The van der Waals surface area contributed by atoms with E-state index >= 15 is 0 Å². The number of rotatable bonds is 2. The predicted octanol–water partition coefficient (Wildman–Crippen LogP) is 3.86. The minimum absolute atomic E-state index is 0.594. The van der Waals surface area contributed by atoms with Gasteiger partial charge in [-0.2, -0.15) is 0 Å². The summed E-state index contributed by atoms with van der Waals surface area (Å²) in [6.45, 7) is 4.36. The van der Waals surface area contributed by atoms with Gasteiger partial charge in [0.2, 0.25) is 0 Å². The van der Waals surface area contributed by atoms with Crippen molar-refractivity contribution >= 4 is 0 Å². The van der Waals surface area contributed by atoms with E-state index in [1.54, 1.807) is 0 Å². The van der Waals surface area contributed by atoms with Gasteiger partial charge in [0.05, 0.1) is 0 Å². The Morgan fingerprint density at radius 3 is 2.26 bits per heavy atom. The van der Waals surface area contributed by atoms with Crippen molar-refractivity contribution in [2.75, 3.05) is 13.1 Å². The van der Waals surface area contributed by atoms with Crippen LogP contribution in [0.3, 0.4) is 0 Å². The highest BCUT2D eigenvalue weighted by Crippen LogP contribution is 2.37. The van der Waals surface area contributed by atoms with Crippen molar-refractivity contribution in [3.63, 3.8) is 0 Å². The molecule has 1 fully saturated rings. The predicted molar refractivity (Wildman–Crippen MR) is 80.6 cm³/mol. The lowest BCUT2D eigenvalue weighted by Gasteiger charge is -2.33. The van der Waals surface area contributed by atoms with Gasteiger partial charge in [0.25, 0.3) is 0 Å². The lowest BCUT2D eigenvalue weighted by molar-refractivity contribution is 0.404. The van der Waals surface area contributed by atoms with Crippen molar-refractivity contribution in [3.8, 4) is 0 Å². The van der Waals surface area contributed by atoms with Crippen molar-refractivity contribution in [1.82, 2.24) is 5.32 Å². The van der Waals surface area contributed by atoms with Gasteiger partial charge >= 0.3 is 0 Å². The average Bonchev–Trinajstić information content (AvgIpc) is 2.49. The number of piperidine rings is 1. The summed E-state index contributed by atoms with van der Waals surface area (Å²) in [5.74, 6) is 1.24. The fraction of sp³-hybridized carbons (Fsp3) is 0.333. The Hall–Kier alpha value is -1.60. The average molecular weight is 251 g/mol. The van der Waals surface area contributed by atoms with Gasteiger partial charge in [0.1, 0.15) is 0 Å². The molecule has 2 aromatic rings. The first kappa shape index (κ1) is 12.4. The Labute approximate surface area is 115 Å². The van der Waals surface area contributed by atoms with Crippen LogP contribution in [0.1, 0.15) is 34.9 Å². The van der Waals surface area contributed by atoms with Crippen molar-refractivity contribution in [2.24, 2.45) is 0 Å². The Kier molecular flexibility index (Phi) is 3.65. The molecule has 0 saturated carbocycles. The second-order valence-electron chi connectivity index (χ2n) is 5.53. The summed E-state index contributed by atoms with van der Waals surface area (Å²) < 4.78 is 0. The van der Waals surface area contributed by atoms with E-state index in [0.29, 0.717) is 11.8 Å². The highest BCUT2D eigenvalue weighted by Gasteiger charge is 2.27. The van der Waals surface area contributed by atoms with E-state index in [1.807, 2.05) is 0 Å². The summed E-state index contributed by atoms with van der Waals surface area (Å²) in [5, 5.41) is 3.55. The standard InChI is InChI=1S/C18H21N/c1-14-7-9-16(10-8-14)18-13-19-12-11-17(18)15-5-3-2-4-6-15/h2-10,17-19H,11-13H2,1H3/t17-,18-/m0/s1. The Bertz CT molecular complexity index is 515. The molecule has 1 saturated heterocycles. The number of aryl methyl sites for hydroxylation is 1. The molecule has 0 radical (unpaired) electrons. The van der Waals surface area contributed by atoms with Crippen LogP contribution >= 0.6 is 0 Å². The molecule has 3 rings (SSSR count). The molecule has 19 heavy (non-hydrogen) atoms. The maximum absolute atomic E-state index is 3.55. The molecule has 1 N–H and O–H groups in total. The molecule has 0 bridgehead atoms. The molecule has 2 aromatic carbocycles. The van der Waals surface area contributed by atoms with Crippen LogP contribution in [0.2, 0.25) is 0 Å². The van der Waals surface area contributed by atoms with Gasteiger partial charge in [0.15, 0.2) is 0 Å². The van der Waals surface area contributed by atoms with Crippen LogP contribution in [0.4, 0.5) is 0 Å². The van der Waals surface area contributed by atoms with E-state index in [-0.39, 0.29) is 0 Å². The van der Waals surface area contributed by atoms with Crippen LogP contribution < -0.4 is 5.32 Å². The third-order valence-corrected chi connectivity index (χ3v) is 4.22. The first-order chi connectivity index (χ1) is 9.34. The molecule has 0 spiro atoms. The third-order valence-electron chi connectivity index (χ3n) is 4.22. The van der Waals surface area contributed by atoms with Crippen molar-refractivity contribution in [1.29, 1.82) is 0 Å². The molecule has 0 amide bonds. The maximum Gasteiger partial charge on any atom is 0.00326 e. The lowest BCUT2D eigenvalue weighted by atomic mass is 9.77. The van der Waals surface area contributed by atoms with E-state index < -0.39 is 0 Å². The van der Waals surface area contributed by atoms with Crippen LogP contribution in [0.5, 0.6) is 0 Å². The summed E-state index contributed by atoms with van der Waals surface area (Å²) in [6.07, 6.45) is 1.22. The van der Waals surface area contributed by atoms with Gasteiger partial charge in [0, 0.05) is 12.5 Å². The monoisotopic (exact) mass is 251 g/mol. The van der Waals surface area contributed by atoms with Crippen molar-refractivity contribution < 1.29 is 0 Å². The van der Waals surface area contributed by atoms with E-state index in [9.17, 15) is 0 Å². The van der Waals surface area contributed by atoms with Crippen LogP contribution in [0, 0.1) is 6.92 Å². The Morgan fingerprint density at radius 2 is 1.53 bits per heavy atom. The summed E-state index contributed by atoms with van der Waals surface area (Å²) in [4.78, 5) is 0. The molecule has 1 heteroatoms. The quantitative estimate of drug-likeness (QED) is 0.854. The van der Waals surface area contributed by atoms with Crippen molar-refractivity contribution in [3.05, 3.63) is 71.3 Å². The first-order valence-corrected chi connectivity index (χ1v) is 7.17. The molecular weight excluding hydrogens is 230 g/mol. The fourth-order valence-corrected chi connectivity index (χ4v) is 3.12. The van der Waals surface area contributed by atoms with E-state index in [2.05, 4.69) is 66.8 Å². The highest BCUT2D eigenvalue weighted by atomic mass is 14.9. The Morgan fingerprint density at radius 1 is 0.842 bits per heavy atom. The molecule has 0 unspecified atom stereocenters. The summed E-state index contributed by atoms with van der Waals surface area (Å²) >= 11 is 0. The molecule has 1 aliphatic heterocycles. The van der Waals surface area contributed by atoms with E-state index in [1.165, 1.54) is 23.1 Å². The molecule has 2 atom stereocenters. The van der Waals surface area contributed by atoms with Crippen LogP contribution in [0.15, 0.2) is 54.6 Å². The molecule has 1 nitrogen and oxygen atoms in total. The first-order valence-electron chi connectivity index (χ1n) is 7.17. The lowest BCUT2D eigenvalue weighted by Crippen LogP contribution is -2.34. The largest absolute Gasteiger partial charge is 0.316 e. The zero-order valence-electron chi connectivity index (χ0n) is 11.5.